The van der Waals surface area contributed by atoms with E-state index in [-0.39, 0.29) is 11.5 Å². The van der Waals surface area contributed by atoms with Gasteiger partial charge < -0.3 is 9.73 Å². The van der Waals surface area contributed by atoms with Crippen molar-refractivity contribution in [2.75, 3.05) is 0 Å². The van der Waals surface area contributed by atoms with Crippen LogP contribution in [-0.4, -0.2) is 20.1 Å². The molecule has 7 nitrogen and oxygen atoms in total. The summed E-state index contributed by atoms with van der Waals surface area (Å²) in [7, 11) is 0. The van der Waals surface area contributed by atoms with Crippen molar-refractivity contribution in [3.63, 3.8) is 0 Å². The van der Waals surface area contributed by atoms with E-state index in [2.05, 4.69) is 26.3 Å². The number of rotatable bonds is 6. The van der Waals surface area contributed by atoms with E-state index < -0.39 is 0 Å². The molecule has 0 aliphatic carbocycles. The van der Waals surface area contributed by atoms with Crippen LogP contribution in [0, 0.1) is 0 Å². The molecule has 0 radical (unpaired) electrons. The predicted molar refractivity (Wildman–Crippen MR) is 104 cm³/mol. The van der Waals surface area contributed by atoms with E-state index in [1.807, 2.05) is 24.3 Å². The summed E-state index contributed by atoms with van der Waals surface area (Å²) in [6.45, 7) is 0.859. The highest BCUT2D eigenvalue weighted by Crippen LogP contribution is 2.18. The van der Waals surface area contributed by atoms with Gasteiger partial charge in [0.1, 0.15) is 11.8 Å². The molecule has 0 aliphatic heterocycles. The number of benzene rings is 1. The quantitative estimate of drug-likeness (QED) is 0.511. The van der Waals surface area contributed by atoms with Gasteiger partial charge in [-0.3, -0.25) is 14.0 Å². The third kappa shape index (κ3) is 3.66. The molecule has 0 aliphatic rings. The van der Waals surface area contributed by atoms with Gasteiger partial charge in [0, 0.05) is 36.1 Å². The van der Waals surface area contributed by atoms with Crippen molar-refractivity contribution in [2.24, 2.45) is 0 Å². The topological polar surface area (TPSA) is 81.5 Å². The maximum atomic E-state index is 12.5. The largest absolute Gasteiger partial charge is 0.463 e. The molecule has 1 amide bonds. The number of carbonyl (C=O) groups excluding carboxylic acids is 1. The van der Waals surface area contributed by atoms with Crippen LogP contribution in [0.1, 0.15) is 18.4 Å². The second kappa shape index (κ2) is 7.40. The molecule has 3 aromatic heterocycles. The fraction of sp³-hybridized carbons (Fsp3) is 0.211. The van der Waals surface area contributed by atoms with E-state index >= 15 is 0 Å². The molecule has 0 saturated carbocycles. The Hall–Kier alpha value is -2.87. The first-order chi connectivity index (χ1) is 13.1. The fourth-order valence-corrected chi connectivity index (χ4v) is 3.46. The molecule has 0 bridgehead atoms. The van der Waals surface area contributed by atoms with Gasteiger partial charge in [-0.05, 0) is 24.1 Å². The lowest BCUT2D eigenvalue weighted by molar-refractivity contribution is -0.121. The molecular formula is C19H17BrN4O3. The summed E-state index contributed by atoms with van der Waals surface area (Å²) in [5, 5.41) is 7.08. The summed E-state index contributed by atoms with van der Waals surface area (Å²) in [4.78, 5) is 24.6. The summed E-state index contributed by atoms with van der Waals surface area (Å²) in [5.74, 6) is -0.0516. The number of hydrogen-bond donors (Lipinski definition) is 1. The Balaban J connectivity index is 1.35. The van der Waals surface area contributed by atoms with Crippen LogP contribution in [0.25, 0.3) is 16.6 Å². The van der Waals surface area contributed by atoms with Crippen molar-refractivity contribution in [3.05, 3.63) is 69.4 Å². The molecule has 1 aromatic carbocycles. The molecule has 3 heterocycles. The predicted octanol–water partition coefficient (Wildman–Crippen LogP) is 3.10. The minimum absolute atomic E-state index is 0.0516. The molecule has 27 heavy (non-hydrogen) atoms. The first-order valence-electron chi connectivity index (χ1n) is 8.57. The monoisotopic (exact) mass is 428 g/mol. The zero-order valence-electron chi connectivity index (χ0n) is 14.4. The molecule has 138 valence electrons. The van der Waals surface area contributed by atoms with Gasteiger partial charge in [-0.1, -0.05) is 28.1 Å². The lowest BCUT2D eigenvalue weighted by Crippen LogP contribution is -2.26. The van der Waals surface area contributed by atoms with Crippen LogP contribution in [0.3, 0.4) is 0 Å². The molecule has 4 rings (SSSR count). The molecule has 0 spiro atoms. The first-order valence-corrected chi connectivity index (χ1v) is 9.36. The Bertz CT molecular complexity index is 1170. The second-order valence-corrected chi connectivity index (χ2v) is 7.15. The van der Waals surface area contributed by atoms with Gasteiger partial charge in [-0.25, -0.2) is 4.68 Å². The first kappa shape index (κ1) is 17.5. The molecule has 0 unspecified atom stereocenters. The standard InChI is InChI=1S/C19H17BrN4O3/c20-14-4-1-3-13(9-14)11-21-18(25)5-2-7-24-19(26)16-10-17-15(6-8-27-17)23(16)12-22-24/h1,3-4,6,8-10,12H,2,5,7,11H2,(H,21,25). The van der Waals surface area contributed by atoms with E-state index in [1.54, 1.807) is 29.1 Å². The average molecular weight is 429 g/mol. The molecule has 8 heteroatoms. The molecule has 0 fully saturated rings. The van der Waals surface area contributed by atoms with Crippen LogP contribution in [0.5, 0.6) is 0 Å². The van der Waals surface area contributed by atoms with Gasteiger partial charge in [0.2, 0.25) is 5.91 Å². The van der Waals surface area contributed by atoms with Gasteiger partial charge >= 0.3 is 0 Å². The number of nitrogens with one attached hydrogen (secondary N) is 1. The summed E-state index contributed by atoms with van der Waals surface area (Å²) in [6, 6.07) is 11.3. The van der Waals surface area contributed by atoms with Gasteiger partial charge in [0.05, 0.1) is 11.8 Å². The highest BCUT2D eigenvalue weighted by Gasteiger charge is 2.11. The van der Waals surface area contributed by atoms with E-state index in [4.69, 9.17) is 4.42 Å². The number of aryl methyl sites for hydroxylation is 1. The fourth-order valence-electron chi connectivity index (χ4n) is 3.02. The van der Waals surface area contributed by atoms with Crippen LogP contribution in [0.4, 0.5) is 0 Å². The van der Waals surface area contributed by atoms with E-state index in [9.17, 15) is 9.59 Å². The molecule has 0 saturated heterocycles. The Morgan fingerprint density at radius 1 is 1.22 bits per heavy atom. The lowest BCUT2D eigenvalue weighted by atomic mass is 10.2. The van der Waals surface area contributed by atoms with Crippen molar-refractivity contribution >= 4 is 38.5 Å². The Labute approximate surface area is 162 Å². The lowest BCUT2D eigenvalue weighted by Gasteiger charge is -2.07. The third-order valence-electron chi connectivity index (χ3n) is 4.37. The van der Waals surface area contributed by atoms with E-state index in [0.29, 0.717) is 37.0 Å². The number of amides is 1. The van der Waals surface area contributed by atoms with Crippen LogP contribution < -0.4 is 10.9 Å². The van der Waals surface area contributed by atoms with Crippen molar-refractivity contribution < 1.29 is 9.21 Å². The minimum atomic E-state index is -0.196. The Kier molecular flexibility index (Phi) is 4.81. The number of fused-ring (bicyclic) bond motifs is 3. The van der Waals surface area contributed by atoms with Crippen LogP contribution in [0.2, 0.25) is 0 Å². The highest BCUT2D eigenvalue weighted by atomic mass is 79.9. The summed E-state index contributed by atoms with van der Waals surface area (Å²) < 4.78 is 9.40. The third-order valence-corrected chi connectivity index (χ3v) is 4.87. The zero-order valence-corrected chi connectivity index (χ0v) is 16.0. The van der Waals surface area contributed by atoms with Gasteiger partial charge in [-0.15, -0.1) is 0 Å². The number of nitrogens with zero attached hydrogens (tertiary/aromatic N) is 3. The van der Waals surface area contributed by atoms with Crippen molar-refractivity contribution in [2.45, 2.75) is 25.9 Å². The summed E-state index contributed by atoms with van der Waals surface area (Å²) >= 11 is 3.41. The Morgan fingerprint density at radius 3 is 2.96 bits per heavy atom. The summed E-state index contributed by atoms with van der Waals surface area (Å²) in [5.41, 5.74) is 2.81. The normalized spacial score (nSPS) is 11.3. The van der Waals surface area contributed by atoms with Crippen LogP contribution >= 0.6 is 15.9 Å². The smallest absolute Gasteiger partial charge is 0.291 e. The Morgan fingerprint density at radius 2 is 2.11 bits per heavy atom. The zero-order chi connectivity index (χ0) is 18.8. The molecule has 1 N–H and O–H groups in total. The SMILES string of the molecule is O=C(CCCn1ncn2c(cc3occc32)c1=O)NCc1cccc(Br)c1. The average Bonchev–Trinajstić information content (AvgIpc) is 3.24. The number of aromatic nitrogens is 3. The van der Waals surface area contributed by atoms with Gasteiger partial charge in [0.25, 0.3) is 5.56 Å². The highest BCUT2D eigenvalue weighted by molar-refractivity contribution is 9.10. The van der Waals surface area contributed by atoms with Gasteiger partial charge in [0.15, 0.2) is 5.58 Å². The molecule has 0 atom stereocenters. The number of hydrogen-bond acceptors (Lipinski definition) is 4. The maximum Gasteiger partial charge on any atom is 0.291 e. The van der Waals surface area contributed by atoms with Crippen molar-refractivity contribution in [1.29, 1.82) is 0 Å². The van der Waals surface area contributed by atoms with E-state index in [1.165, 1.54) is 4.68 Å². The van der Waals surface area contributed by atoms with Crippen molar-refractivity contribution in [3.8, 4) is 0 Å². The maximum absolute atomic E-state index is 12.5. The second-order valence-electron chi connectivity index (χ2n) is 6.24. The summed E-state index contributed by atoms with van der Waals surface area (Å²) in [6.07, 6.45) is 4.04. The van der Waals surface area contributed by atoms with Crippen molar-refractivity contribution in [1.82, 2.24) is 19.5 Å². The number of halogens is 1. The minimum Gasteiger partial charge on any atom is -0.463 e. The molecule has 4 aromatic rings. The molecular weight excluding hydrogens is 412 g/mol. The van der Waals surface area contributed by atoms with Crippen LogP contribution in [0.15, 0.2) is 62.7 Å². The van der Waals surface area contributed by atoms with E-state index in [0.717, 1.165) is 15.6 Å². The van der Waals surface area contributed by atoms with Crippen LogP contribution in [-0.2, 0) is 17.9 Å². The van der Waals surface area contributed by atoms with Gasteiger partial charge in [-0.2, -0.15) is 5.10 Å². The number of carbonyl (C=O) groups is 1. The number of furan rings is 1.